The Balaban J connectivity index is 2.35. The van der Waals surface area contributed by atoms with Gasteiger partial charge in [0.15, 0.2) is 0 Å². The highest BCUT2D eigenvalue weighted by Gasteiger charge is 2.36. The van der Waals surface area contributed by atoms with Gasteiger partial charge < -0.3 is 0 Å². The van der Waals surface area contributed by atoms with E-state index in [0.29, 0.717) is 16.8 Å². The van der Waals surface area contributed by atoms with Gasteiger partial charge in [-0.05, 0) is 18.6 Å². The van der Waals surface area contributed by atoms with Gasteiger partial charge in [0.05, 0.1) is 23.5 Å². The number of hydrogen-bond acceptors (Lipinski definition) is 2. The minimum Gasteiger partial charge on any atom is -0.281 e. The van der Waals surface area contributed by atoms with Crippen LogP contribution in [-0.4, -0.2) is 10.4 Å². The van der Waals surface area contributed by atoms with E-state index in [1.807, 2.05) is 6.07 Å². The predicted octanol–water partition coefficient (Wildman–Crippen LogP) is 5.36. The highest BCUT2D eigenvalue weighted by molar-refractivity contribution is 5.98. The minimum atomic E-state index is -4.83. The Labute approximate surface area is 159 Å². The second-order valence-electron chi connectivity index (χ2n) is 5.94. The van der Waals surface area contributed by atoms with E-state index in [1.165, 1.54) is 0 Å². The fourth-order valence-corrected chi connectivity index (χ4v) is 2.72. The van der Waals surface area contributed by atoms with Crippen LogP contribution in [0.4, 0.5) is 18.9 Å². The molecule has 0 N–H and O–H groups in total. The molecule has 1 heterocycles. The van der Waals surface area contributed by atoms with Crippen molar-refractivity contribution in [2.45, 2.75) is 13.1 Å². The molecule has 2 aromatic carbocycles. The number of rotatable bonds is 3. The van der Waals surface area contributed by atoms with Crippen molar-refractivity contribution < 1.29 is 13.2 Å². The molecule has 140 valence electrons. The Kier molecular flexibility index (Phi) is 5.14. The van der Waals surface area contributed by atoms with E-state index < -0.39 is 23.0 Å². The van der Waals surface area contributed by atoms with Crippen LogP contribution in [0, 0.1) is 6.57 Å². The van der Waals surface area contributed by atoms with E-state index in [4.69, 9.17) is 6.57 Å². The summed E-state index contributed by atoms with van der Waals surface area (Å²) in [5.74, 6) is 0. The third kappa shape index (κ3) is 3.71. The molecule has 0 bridgehead atoms. The summed E-state index contributed by atoms with van der Waals surface area (Å²) in [5.41, 5.74) is -1.91. The second-order valence-corrected chi connectivity index (χ2v) is 5.94. The Morgan fingerprint density at radius 2 is 1.61 bits per heavy atom. The van der Waals surface area contributed by atoms with Gasteiger partial charge in [0.2, 0.25) is 0 Å². The fraction of sp³-hybridized carbons (Fsp3) is 0.0952. The van der Waals surface area contributed by atoms with Gasteiger partial charge in [0.25, 0.3) is 11.2 Å². The third-order valence-corrected chi connectivity index (χ3v) is 4.09. The summed E-state index contributed by atoms with van der Waals surface area (Å²) in [6.07, 6.45) is -4.83. The first-order valence-corrected chi connectivity index (χ1v) is 8.24. The molecule has 0 saturated heterocycles. The van der Waals surface area contributed by atoms with Crippen LogP contribution in [-0.2, 0) is 6.18 Å². The Morgan fingerprint density at radius 3 is 2.14 bits per heavy atom. The molecule has 0 amide bonds. The topological polar surface area (TPSA) is 38.7 Å². The molecule has 0 radical (unpaired) electrons. The number of aromatic nitrogens is 1. The summed E-state index contributed by atoms with van der Waals surface area (Å²) in [4.78, 5) is 15.6. The van der Waals surface area contributed by atoms with Gasteiger partial charge >= 0.3 is 6.18 Å². The molecule has 7 heteroatoms. The second kappa shape index (κ2) is 7.53. The molecule has 1 aromatic heterocycles. The molecule has 0 aliphatic rings. The quantitative estimate of drug-likeness (QED) is 0.445. The number of alkyl halides is 3. The van der Waals surface area contributed by atoms with Crippen LogP contribution in [0.15, 0.2) is 76.6 Å². The molecule has 0 atom stereocenters. The van der Waals surface area contributed by atoms with Crippen LogP contribution in [0.3, 0.4) is 0 Å². The van der Waals surface area contributed by atoms with E-state index in [0.717, 1.165) is 10.7 Å². The molecule has 0 saturated carbocycles. The van der Waals surface area contributed by atoms with Gasteiger partial charge in [0.1, 0.15) is 0 Å². The Bertz CT molecular complexity index is 1130. The monoisotopic (exact) mass is 381 g/mol. The molecule has 0 fully saturated rings. The molecule has 0 unspecified atom stereocenters. The molecule has 0 aliphatic heterocycles. The van der Waals surface area contributed by atoms with Crippen LogP contribution in [0.1, 0.15) is 18.1 Å². The van der Waals surface area contributed by atoms with Crippen molar-refractivity contribution in [3.05, 3.63) is 99.6 Å². The van der Waals surface area contributed by atoms with Gasteiger partial charge in [-0.3, -0.25) is 4.79 Å². The van der Waals surface area contributed by atoms with Crippen molar-refractivity contribution in [2.75, 3.05) is 0 Å². The van der Waals surface area contributed by atoms with E-state index in [-0.39, 0.29) is 5.69 Å². The zero-order chi connectivity index (χ0) is 20.3. The van der Waals surface area contributed by atoms with Gasteiger partial charge in [-0.15, -0.1) is 0 Å². The first-order chi connectivity index (χ1) is 13.3. The van der Waals surface area contributed by atoms with Crippen LogP contribution in [0.5, 0.6) is 0 Å². The summed E-state index contributed by atoms with van der Waals surface area (Å²) < 4.78 is 41.2. The largest absolute Gasteiger partial charge is 0.407 e. The average Bonchev–Trinajstić information content (AvgIpc) is 2.69. The van der Waals surface area contributed by atoms with Crippen molar-refractivity contribution in [2.24, 2.45) is 5.10 Å². The van der Waals surface area contributed by atoms with E-state index in [9.17, 15) is 18.0 Å². The summed E-state index contributed by atoms with van der Waals surface area (Å²) in [5, 5.41) is 4.25. The summed E-state index contributed by atoms with van der Waals surface area (Å²) >= 11 is 0. The third-order valence-electron chi connectivity index (χ3n) is 4.09. The van der Waals surface area contributed by atoms with Crippen molar-refractivity contribution in [1.82, 2.24) is 4.68 Å². The van der Waals surface area contributed by atoms with Gasteiger partial charge in [-0.1, -0.05) is 60.7 Å². The maximum atomic E-state index is 13.4. The van der Waals surface area contributed by atoms with Crippen molar-refractivity contribution >= 4 is 11.4 Å². The van der Waals surface area contributed by atoms with Crippen molar-refractivity contribution in [3.63, 3.8) is 0 Å². The number of pyridine rings is 1. The highest BCUT2D eigenvalue weighted by atomic mass is 19.4. The predicted molar refractivity (Wildman–Crippen MR) is 101 cm³/mol. The number of nitrogens with zero attached hydrogens (tertiary/aromatic N) is 3. The zero-order valence-corrected chi connectivity index (χ0v) is 14.7. The lowest BCUT2D eigenvalue weighted by Crippen LogP contribution is -2.23. The summed E-state index contributed by atoms with van der Waals surface area (Å²) in [6.45, 7) is 8.73. The van der Waals surface area contributed by atoms with E-state index in [1.54, 1.807) is 61.5 Å². The first kappa shape index (κ1) is 19.1. The van der Waals surface area contributed by atoms with E-state index in [2.05, 4.69) is 9.95 Å². The summed E-state index contributed by atoms with van der Waals surface area (Å²) in [7, 11) is 0. The van der Waals surface area contributed by atoms with Crippen LogP contribution >= 0.6 is 0 Å². The lowest BCUT2D eigenvalue weighted by atomic mass is 10.1. The highest BCUT2D eigenvalue weighted by Crippen LogP contribution is 2.37. The first-order valence-electron chi connectivity index (χ1n) is 8.24. The Morgan fingerprint density at radius 1 is 1.04 bits per heavy atom. The molecule has 3 aromatic rings. The maximum absolute atomic E-state index is 13.4. The van der Waals surface area contributed by atoms with Crippen molar-refractivity contribution in [1.29, 1.82) is 0 Å². The van der Waals surface area contributed by atoms with Gasteiger partial charge in [-0.2, -0.15) is 18.3 Å². The molecular weight excluding hydrogens is 367 g/mol. The van der Waals surface area contributed by atoms with Gasteiger partial charge in [-0.25, -0.2) is 9.52 Å². The molecular formula is C21H14F3N3O. The Hall–Kier alpha value is -3.66. The number of benzene rings is 2. The smallest absolute Gasteiger partial charge is 0.281 e. The number of hydrogen-bond donors (Lipinski definition) is 0. The lowest BCUT2D eigenvalue weighted by molar-refractivity contribution is -0.136. The molecule has 0 aliphatic carbocycles. The molecule has 28 heavy (non-hydrogen) atoms. The minimum absolute atomic E-state index is 0.0411. The SMILES string of the molecule is [C-]#[N+]c1c(C(F)(F)F)cc(-c2ccccc2)n(N=C(C)c2ccccc2)c1=O. The summed E-state index contributed by atoms with van der Waals surface area (Å²) in [6, 6.07) is 17.9. The van der Waals surface area contributed by atoms with Crippen LogP contribution < -0.4 is 5.56 Å². The standard InChI is InChI=1S/C21H14F3N3O/c1-14(15-9-5-3-6-10-15)26-27-18(16-11-7-4-8-12-16)13-17(21(22,23)24)19(25-2)20(27)28/h3-13H,1H3. The molecule has 3 rings (SSSR count). The van der Waals surface area contributed by atoms with Crippen LogP contribution in [0.2, 0.25) is 0 Å². The van der Waals surface area contributed by atoms with E-state index >= 15 is 0 Å². The van der Waals surface area contributed by atoms with Crippen molar-refractivity contribution in [3.8, 4) is 11.3 Å². The molecule has 4 nitrogen and oxygen atoms in total. The van der Waals surface area contributed by atoms with Gasteiger partial charge in [0, 0.05) is 5.56 Å². The average molecular weight is 381 g/mol. The fourth-order valence-electron chi connectivity index (χ4n) is 2.72. The number of halogens is 3. The zero-order valence-electron chi connectivity index (χ0n) is 14.7. The lowest BCUT2D eigenvalue weighted by Gasteiger charge is -2.15. The molecule has 0 spiro atoms. The maximum Gasteiger partial charge on any atom is 0.407 e. The van der Waals surface area contributed by atoms with Crippen LogP contribution in [0.25, 0.3) is 16.1 Å². The normalized spacial score (nSPS) is 11.9.